The molecule has 0 aromatic carbocycles. The van der Waals surface area contributed by atoms with E-state index in [1.807, 2.05) is 6.08 Å². The maximum absolute atomic E-state index is 6.36. The number of piperazine rings is 3. The molecule has 3 heterocycles. The molecule has 2 unspecified atom stereocenters. The Hall–Kier alpha value is -0.380. The summed E-state index contributed by atoms with van der Waals surface area (Å²) in [7, 11) is 0. The van der Waals surface area contributed by atoms with Gasteiger partial charge in [0.25, 0.3) is 0 Å². The maximum Gasteiger partial charge on any atom is 0.0375 e. The number of hydrogen-bond donors (Lipinski definition) is 1. The van der Waals surface area contributed by atoms with Gasteiger partial charge in [-0.3, -0.25) is 9.80 Å². The molecule has 0 radical (unpaired) electrons. The summed E-state index contributed by atoms with van der Waals surface area (Å²) < 4.78 is 0. The van der Waals surface area contributed by atoms with Gasteiger partial charge in [0.15, 0.2) is 0 Å². The van der Waals surface area contributed by atoms with E-state index in [0.29, 0.717) is 12.1 Å². The Kier molecular flexibility index (Phi) is 5.01. The van der Waals surface area contributed by atoms with E-state index in [1.54, 1.807) is 0 Å². The van der Waals surface area contributed by atoms with Crippen molar-refractivity contribution in [3.05, 3.63) is 12.7 Å². The van der Waals surface area contributed by atoms with E-state index in [9.17, 15) is 0 Å². The van der Waals surface area contributed by atoms with Crippen LogP contribution in [0.1, 0.15) is 32.1 Å². The lowest BCUT2D eigenvalue weighted by atomic mass is 9.96. The van der Waals surface area contributed by atoms with Crippen LogP contribution >= 0.6 is 0 Å². The van der Waals surface area contributed by atoms with Crippen molar-refractivity contribution >= 4 is 0 Å². The first-order chi connectivity index (χ1) is 8.31. The zero-order valence-corrected chi connectivity index (χ0v) is 11.0. The first-order valence-electron chi connectivity index (χ1n) is 7.14. The van der Waals surface area contributed by atoms with Crippen molar-refractivity contribution in [2.45, 2.75) is 44.2 Å². The third kappa shape index (κ3) is 3.54. The Morgan fingerprint density at radius 1 is 1.18 bits per heavy atom. The Labute approximate surface area is 106 Å². The van der Waals surface area contributed by atoms with E-state index in [4.69, 9.17) is 5.73 Å². The summed E-state index contributed by atoms with van der Waals surface area (Å²) in [6.07, 6.45) is 8.20. The second-order valence-corrected chi connectivity index (χ2v) is 5.49. The fourth-order valence-corrected chi connectivity index (χ4v) is 3.10. The monoisotopic (exact) mass is 237 g/mol. The number of unbranched alkanes of at least 4 members (excludes halogenated alkanes) is 3. The normalized spacial score (nSPS) is 33.6. The summed E-state index contributed by atoms with van der Waals surface area (Å²) in [6.45, 7) is 9.93. The predicted molar refractivity (Wildman–Crippen MR) is 73.1 cm³/mol. The van der Waals surface area contributed by atoms with Gasteiger partial charge in [0.05, 0.1) is 0 Å². The second-order valence-electron chi connectivity index (χ2n) is 5.49. The van der Waals surface area contributed by atoms with Gasteiger partial charge in [-0.2, -0.15) is 0 Å². The van der Waals surface area contributed by atoms with Gasteiger partial charge in [0.2, 0.25) is 0 Å². The SMILES string of the molecule is C=CCCCCCC(N)C1CN2CCN1CC2. The first-order valence-corrected chi connectivity index (χ1v) is 7.14. The minimum atomic E-state index is 0.377. The van der Waals surface area contributed by atoms with Gasteiger partial charge in [-0.1, -0.05) is 18.9 Å². The van der Waals surface area contributed by atoms with E-state index >= 15 is 0 Å². The largest absolute Gasteiger partial charge is 0.326 e. The first kappa shape index (κ1) is 13.1. The van der Waals surface area contributed by atoms with Gasteiger partial charge in [0, 0.05) is 44.8 Å². The van der Waals surface area contributed by atoms with Crippen molar-refractivity contribution < 1.29 is 0 Å². The topological polar surface area (TPSA) is 32.5 Å². The molecule has 0 aliphatic carbocycles. The predicted octanol–water partition coefficient (Wildman–Crippen LogP) is 1.45. The van der Waals surface area contributed by atoms with Crippen molar-refractivity contribution in [3.8, 4) is 0 Å². The van der Waals surface area contributed by atoms with E-state index in [-0.39, 0.29) is 0 Å². The molecular weight excluding hydrogens is 210 g/mol. The van der Waals surface area contributed by atoms with Gasteiger partial charge >= 0.3 is 0 Å². The summed E-state index contributed by atoms with van der Waals surface area (Å²) >= 11 is 0. The summed E-state index contributed by atoms with van der Waals surface area (Å²) in [6, 6.07) is 0.999. The molecule has 3 saturated heterocycles. The van der Waals surface area contributed by atoms with Crippen LogP contribution in [0, 0.1) is 0 Å². The number of nitrogens with two attached hydrogens (primary N) is 1. The smallest absolute Gasteiger partial charge is 0.0375 e. The van der Waals surface area contributed by atoms with Crippen LogP contribution in [0.4, 0.5) is 0 Å². The van der Waals surface area contributed by atoms with Gasteiger partial charge in [-0.15, -0.1) is 6.58 Å². The van der Waals surface area contributed by atoms with Crippen LogP contribution in [-0.4, -0.2) is 54.6 Å². The molecule has 2 bridgehead atoms. The van der Waals surface area contributed by atoms with Crippen LogP contribution in [0.25, 0.3) is 0 Å². The quantitative estimate of drug-likeness (QED) is 0.537. The van der Waals surface area contributed by atoms with Crippen LogP contribution < -0.4 is 5.73 Å². The fourth-order valence-electron chi connectivity index (χ4n) is 3.10. The minimum absolute atomic E-state index is 0.377. The van der Waals surface area contributed by atoms with Gasteiger partial charge in [-0.25, -0.2) is 0 Å². The van der Waals surface area contributed by atoms with Crippen molar-refractivity contribution in [1.29, 1.82) is 0 Å². The molecule has 17 heavy (non-hydrogen) atoms. The van der Waals surface area contributed by atoms with E-state index in [0.717, 1.165) is 6.42 Å². The molecule has 0 aromatic heterocycles. The minimum Gasteiger partial charge on any atom is -0.326 e. The molecule has 3 rings (SSSR count). The summed E-state index contributed by atoms with van der Waals surface area (Å²) in [5, 5.41) is 0. The Morgan fingerprint density at radius 3 is 2.53 bits per heavy atom. The maximum atomic E-state index is 6.36. The van der Waals surface area contributed by atoms with Gasteiger partial charge in [-0.05, 0) is 19.3 Å². The van der Waals surface area contributed by atoms with Crippen molar-refractivity contribution in [1.82, 2.24) is 9.80 Å². The number of rotatable bonds is 7. The van der Waals surface area contributed by atoms with Crippen LogP contribution in [0.5, 0.6) is 0 Å². The average Bonchev–Trinajstić information content (AvgIpc) is 2.39. The third-order valence-corrected chi connectivity index (χ3v) is 4.26. The number of hydrogen-bond acceptors (Lipinski definition) is 3. The molecule has 3 aliphatic rings. The highest BCUT2D eigenvalue weighted by atomic mass is 15.3. The number of nitrogens with zero attached hydrogens (tertiary/aromatic N) is 2. The van der Waals surface area contributed by atoms with Gasteiger partial charge < -0.3 is 5.73 Å². The van der Waals surface area contributed by atoms with Crippen molar-refractivity contribution in [2.24, 2.45) is 5.73 Å². The van der Waals surface area contributed by atoms with E-state index in [2.05, 4.69) is 16.4 Å². The van der Waals surface area contributed by atoms with Crippen LogP contribution in [0.3, 0.4) is 0 Å². The Morgan fingerprint density at radius 2 is 1.94 bits per heavy atom. The number of allylic oxidation sites excluding steroid dienone is 1. The van der Waals surface area contributed by atoms with Crippen molar-refractivity contribution in [2.75, 3.05) is 32.7 Å². The highest BCUT2D eigenvalue weighted by Gasteiger charge is 2.34. The highest BCUT2D eigenvalue weighted by molar-refractivity contribution is 4.93. The second kappa shape index (κ2) is 6.53. The lowest BCUT2D eigenvalue weighted by molar-refractivity contribution is 0.00112. The van der Waals surface area contributed by atoms with Crippen LogP contribution in [-0.2, 0) is 0 Å². The molecule has 0 spiro atoms. The van der Waals surface area contributed by atoms with Crippen molar-refractivity contribution in [3.63, 3.8) is 0 Å². The lowest BCUT2D eigenvalue weighted by Crippen LogP contribution is -2.65. The van der Waals surface area contributed by atoms with E-state index < -0.39 is 0 Å². The standard InChI is InChI=1S/C14H27N3/c1-2-3-4-5-6-7-13(15)14-12-16-8-10-17(14)11-9-16/h2,13-14H,1,3-12,15H2. The molecule has 98 valence electrons. The number of fused-ring (bicyclic) bond motifs is 3. The molecule has 2 N–H and O–H groups in total. The molecule has 3 fully saturated rings. The fraction of sp³-hybridized carbons (Fsp3) is 0.857. The third-order valence-electron chi connectivity index (χ3n) is 4.26. The molecule has 3 heteroatoms. The molecule has 0 amide bonds. The highest BCUT2D eigenvalue weighted by Crippen LogP contribution is 2.20. The van der Waals surface area contributed by atoms with Crippen LogP contribution in [0.15, 0.2) is 12.7 Å². The molecular formula is C14H27N3. The van der Waals surface area contributed by atoms with Crippen LogP contribution in [0.2, 0.25) is 0 Å². The van der Waals surface area contributed by atoms with E-state index in [1.165, 1.54) is 58.4 Å². The summed E-state index contributed by atoms with van der Waals surface area (Å²) in [4.78, 5) is 5.18. The Bertz CT molecular complexity index is 234. The summed E-state index contributed by atoms with van der Waals surface area (Å²) in [5.74, 6) is 0. The zero-order chi connectivity index (χ0) is 12.1. The zero-order valence-electron chi connectivity index (χ0n) is 11.0. The molecule has 3 nitrogen and oxygen atoms in total. The summed E-state index contributed by atoms with van der Waals surface area (Å²) in [5.41, 5.74) is 6.36. The molecule has 3 aliphatic heterocycles. The van der Waals surface area contributed by atoms with Gasteiger partial charge in [0.1, 0.15) is 0 Å². The lowest BCUT2D eigenvalue weighted by Gasteiger charge is -2.49. The molecule has 2 atom stereocenters. The molecule has 0 aromatic rings. The molecule has 0 saturated carbocycles. The Balaban J connectivity index is 1.65. The average molecular weight is 237 g/mol.